The van der Waals surface area contributed by atoms with Gasteiger partial charge in [0.15, 0.2) is 0 Å². The third-order valence-corrected chi connectivity index (χ3v) is 6.57. The number of carbonyl (C=O) groups excluding carboxylic acids is 1. The van der Waals surface area contributed by atoms with Crippen LogP contribution in [0.2, 0.25) is 0 Å². The zero-order chi connectivity index (χ0) is 20.1. The van der Waals surface area contributed by atoms with Gasteiger partial charge in [-0.25, -0.2) is 4.98 Å². The minimum atomic E-state index is -0.901. The standard InChI is InChI=1S/C21H25N3O4/c1-13-4-3-5-14-10-15(12-25)19(22-18(13)14)24-8-6-21(7-9-24)16(20(27)28)11-17(26)23(21)2/h3-5,10,16,25H,6-9,11-12H2,1-2H3,(H,27,28). The van der Waals surface area contributed by atoms with Crippen molar-refractivity contribution in [3.63, 3.8) is 0 Å². The molecule has 7 heteroatoms. The summed E-state index contributed by atoms with van der Waals surface area (Å²) < 4.78 is 0. The zero-order valence-electron chi connectivity index (χ0n) is 16.2. The van der Waals surface area contributed by atoms with Crippen LogP contribution in [0.25, 0.3) is 10.9 Å². The lowest BCUT2D eigenvalue weighted by Crippen LogP contribution is -2.56. The summed E-state index contributed by atoms with van der Waals surface area (Å²) in [6.45, 7) is 3.10. The maximum atomic E-state index is 12.2. The SMILES string of the molecule is Cc1cccc2cc(CO)c(N3CCC4(CC3)C(C(=O)O)CC(=O)N4C)nc12. The van der Waals surface area contributed by atoms with E-state index in [2.05, 4.69) is 4.90 Å². The molecule has 2 saturated heterocycles. The molecule has 1 atom stereocenters. The molecular weight excluding hydrogens is 358 g/mol. The second-order valence-corrected chi connectivity index (χ2v) is 7.91. The number of hydrogen-bond donors (Lipinski definition) is 2. The molecule has 1 spiro atoms. The van der Waals surface area contributed by atoms with Crippen LogP contribution in [0.1, 0.15) is 30.4 Å². The Morgan fingerprint density at radius 3 is 2.68 bits per heavy atom. The van der Waals surface area contributed by atoms with E-state index in [4.69, 9.17) is 4.98 Å². The van der Waals surface area contributed by atoms with Gasteiger partial charge in [-0.15, -0.1) is 0 Å². The number of para-hydroxylation sites is 1. The highest BCUT2D eigenvalue weighted by atomic mass is 16.4. The Bertz CT molecular complexity index is 950. The summed E-state index contributed by atoms with van der Waals surface area (Å²) in [7, 11) is 1.72. The molecule has 1 amide bonds. The fraction of sp³-hybridized carbons (Fsp3) is 0.476. The van der Waals surface area contributed by atoms with E-state index in [-0.39, 0.29) is 18.9 Å². The van der Waals surface area contributed by atoms with Gasteiger partial charge in [0, 0.05) is 37.5 Å². The molecule has 1 aromatic heterocycles. The van der Waals surface area contributed by atoms with E-state index in [1.54, 1.807) is 11.9 Å². The molecule has 2 aliphatic rings. The monoisotopic (exact) mass is 383 g/mol. The second kappa shape index (κ2) is 6.74. The van der Waals surface area contributed by atoms with Gasteiger partial charge in [0.05, 0.1) is 23.6 Å². The lowest BCUT2D eigenvalue weighted by Gasteiger charge is -2.46. The van der Waals surface area contributed by atoms with Crippen molar-refractivity contribution in [3.8, 4) is 0 Å². The average Bonchev–Trinajstić information content (AvgIpc) is 2.93. The number of fused-ring (bicyclic) bond motifs is 1. The third kappa shape index (κ3) is 2.73. The van der Waals surface area contributed by atoms with E-state index in [1.807, 2.05) is 31.2 Å². The number of aryl methyl sites for hydroxylation is 1. The molecule has 7 nitrogen and oxygen atoms in total. The number of likely N-dealkylation sites (tertiary alicyclic amines) is 1. The van der Waals surface area contributed by atoms with Crippen molar-refractivity contribution < 1.29 is 19.8 Å². The van der Waals surface area contributed by atoms with Crippen molar-refractivity contribution in [2.45, 2.75) is 38.3 Å². The maximum absolute atomic E-state index is 12.2. The summed E-state index contributed by atoms with van der Waals surface area (Å²) >= 11 is 0. The Morgan fingerprint density at radius 1 is 1.32 bits per heavy atom. The number of carbonyl (C=O) groups is 2. The number of aliphatic hydroxyl groups excluding tert-OH is 1. The van der Waals surface area contributed by atoms with E-state index in [0.717, 1.165) is 27.8 Å². The van der Waals surface area contributed by atoms with Gasteiger partial charge in [-0.3, -0.25) is 9.59 Å². The van der Waals surface area contributed by atoms with Crippen LogP contribution in [0.5, 0.6) is 0 Å². The van der Waals surface area contributed by atoms with Crippen LogP contribution in [-0.4, -0.2) is 57.6 Å². The van der Waals surface area contributed by atoms with Crippen molar-refractivity contribution in [2.24, 2.45) is 5.92 Å². The number of rotatable bonds is 3. The van der Waals surface area contributed by atoms with E-state index >= 15 is 0 Å². The number of benzene rings is 1. The first kappa shape index (κ1) is 18.7. The molecule has 0 bridgehead atoms. The molecule has 2 aliphatic heterocycles. The highest BCUT2D eigenvalue weighted by Gasteiger charge is 2.55. The zero-order valence-corrected chi connectivity index (χ0v) is 16.2. The minimum Gasteiger partial charge on any atom is -0.481 e. The predicted octanol–water partition coefficient (Wildman–Crippen LogP) is 1.94. The van der Waals surface area contributed by atoms with Crippen molar-refractivity contribution in [2.75, 3.05) is 25.0 Å². The second-order valence-electron chi connectivity index (χ2n) is 7.91. The van der Waals surface area contributed by atoms with Crippen molar-refractivity contribution >= 4 is 28.6 Å². The van der Waals surface area contributed by atoms with Gasteiger partial charge in [0.1, 0.15) is 5.82 Å². The molecule has 0 radical (unpaired) electrons. The molecule has 28 heavy (non-hydrogen) atoms. The molecule has 1 unspecified atom stereocenters. The lowest BCUT2D eigenvalue weighted by atomic mass is 9.77. The third-order valence-electron chi connectivity index (χ3n) is 6.57. The van der Waals surface area contributed by atoms with E-state index in [0.29, 0.717) is 25.9 Å². The number of aliphatic hydroxyl groups is 1. The molecule has 2 aromatic rings. The van der Waals surface area contributed by atoms with Crippen LogP contribution < -0.4 is 4.90 Å². The summed E-state index contributed by atoms with van der Waals surface area (Å²) in [6, 6.07) is 7.95. The van der Waals surface area contributed by atoms with E-state index in [1.165, 1.54) is 0 Å². The molecule has 4 rings (SSSR count). The first-order chi connectivity index (χ1) is 13.4. The van der Waals surface area contributed by atoms with Crippen LogP contribution in [0.3, 0.4) is 0 Å². The van der Waals surface area contributed by atoms with Crippen LogP contribution in [-0.2, 0) is 16.2 Å². The number of piperidine rings is 1. The van der Waals surface area contributed by atoms with Gasteiger partial charge in [-0.2, -0.15) is 0 Å². The number of aromatic nitrogens is 1. The Morgan fingerprint density at radius 2 is 2.04 bits per heavy atom. The van der Waals surface area contributed by atoms with Gasteiger partial charge in [-0.1, -0.05) is 18.2 Å². The number of amides is 1. The molecule has 3 heterocycles. The van der Waals surface area contributed by atoms with Crippen molar-refractivity contribution in [3.05, 3.63) is 35.4 Å². The Balaban J connectivity index is 1.66. The number of aliphatic carboxylic acids is 1. The number of hydrogen-bond acceptors (Lipinski definition) is 5. The van der Waals surface area contributed by atoms with Crippen molar-refractivity contribution in [1.82, 2.24) is 9.88 Å². The fourth-order valence-corrected chi connectivity index (χ4v) is 4.86. The normalized spacial score (nSPS) is 21.7. The summed E-state index contributed by atoms with van der Waals surface area (Å²) in [5.41, 5.74) is 2.11. The Labute approximate surface area is 163 Å². The predicted molar refractivity (Wildman–Crippen MR) is 105 cm³/mol. The smallest absolute Gasteiger partial charge is 0.309 e. The topological polar surface area (TPSA) is 94.0 Å². The lowest BCUT2D eigenvalue weighted by molar-refractivity contribution is -0.145. The van der Waals surface area contributed by atoms with E-state index in [9.17, 15) is 19.8 Å². The maximum Gasteiger partial charge on any atom is 0.309 e. The molecule has 0 aliphatic carbocycles. The quantitative estimate of drug-likeness (QED) is 0.841. The van der Waals surface area contributed by atoms with Crippen LogP contribution in [0.4, 0.5) is 5.82 Å². The first-order valence-electron chi connectivity index (χ1n) is 9.62. The van der Waals surface area contributed by atoms with Gasteiger partial charge in [-0.05, 0) is 31.4 Å². The largest absolute Gasteiger partial charge is 0.481 e. The van der Waals surface area contributed by atoms with Gasteiger partial charge in [0.2, 0.25) is 5.91 Å². The Hall–Kier alpha value is -2.67. The highest BCUT2D eigenvalue weighted by molar-refractivity contribution is 5.88. The van der Waals surface area contributed by atoms with Crippen molar-refractivity contribution in [1.29, 1.82) is 0 Å². The fourth-order valence-electron chi connectivity index (χ4n) is 4.86. The number of carboxylic acid groups (broad SMARTS) is 1. The molecule has 2 fully saturated rings. The first-order valence-corrected chi connectivity index (χ1v) is 9.62. The van der Waals surface area contributed by atoms with E-state index < -0.39 is 17.4 Å². The Kier molecular flexibility index (Phi) is 4.50. The number of nitrogens with zero attached hydrogens (tertiary/aromatic N) is 3. The van der Waals surface area contributed by atoms with Gasteiger partial charge in [0.25, 0.3) is 0 Å². The summed E-state index contributed by atoms with van der Waals surface area (Å²) in [6.07, 6.45) is 1.22. The molecular formula is C21H25N3O4. The highest BCUT2D eigenvalue weighted by Crippen LogP contribution is 2.43. The minimum absolute atomic E-state index is 0.0706. The number of anilines is 1. The van der Waals surface area contributed by atoms with Crippen LogP contribution in [0, 0.1) is 12.8 Å². The summed E-state index contributed by atoms with van der Waals surface area (Å²) in [5.74, 6) is -0.924. The summed E-state index contributed by atoms with van der Waals surface area (Å²) in [5, 5.41) is 20.5. The molecule has 148 valence electrons. The van der Waals surface area contributed by atoms with Gasteiger partial charge >= 0.3 is 5.97 Å². The number of carboxylic acids is 1. The van der Waals surface area contributed by atoms with Crippen LogP contribution in [0.15, 0.2) is 24.3 Å². The molecule has 2 N–H and O–H groups in total. The van der Waals surface area contributed by atoms with Gasteiger partial charge < -0.3 is 20.0 Å². The number of pyridine rings is 1. The average molecular weight is 383 g/mol. The molecule has 1 aromatic carbocycles. The summed E-state index contributed by atoms with van der Waals surface area (Å²) in [4.78, 5) is 32.6. The van der Waals surface area contributed by atoms with Crippen LogP contribution >= 0.6 is 0 Å². The molecule has 0 saturated carbocycles.